The fourth-order valence-corrected chi connectivity index (χ4v) is 3.81. The third kappa shape index (κ3) is 4.84. The number of piperazine rings is 1. The molecule has 0 saturated carbocycles. The number of ether oxygens (including phenoxy) is 1. The van der Waals surface area contributed by atoms with E-state index in [9.17, 15) is 4.79 Å². The van der Waals surface area contributed by atoms with E-state index in [2.05, 4.69) is 36.2 Å². The maximum Gasteiger partial charge on any atom is 0.279 e. The molecule has 2 aromatic carbocycles. The number of amides is 1. The van der Waals surface area contributed by atoms with Gasteiger partial charge in [0.1, 0.15) is 5.75 Å². The smallest absolute Gasteiger partial charge is 0.279 e. The van der Waals surface area contributed by atoms with Crippen molar-refractivity contribution >= 4 is 17.3 Å². The second kappa shape index (κ2) is 9.60. The Hall–Kier alpha value is -2.53. The summed E-state index contributed by atoms with van der Waals surface area (Å²) in [6.45, 7) is 8.62. The summed E-state index contributed by atoms with van der Waals surface area (Å²) < 4.78 is 5.48. The van der Waals surface area contributed by atoms with Crippen LogP contribution in [-0.2, 0) is 4.79 Å². The molecule has 1 atom stereocenters. The van der Waals surface area contributed by atoms with Crippen LogP contribution in [0.2, 0.25) is 0 Å². The number of hydrogen-bond acceptors (Lipinski definition) is 3. The Morgan fingerprint density at radius 1 is 1.14 bits per heavy atom. The number of benzene rings is 2. The zero-order valence-corrected chi connectivity index (χ0v) is 17.2. The molecule has 2 aromatic rings. The zero-order valence-electron chi connectivity index (χ0n) is 17.2. The summed E-state index contributed by atoms with van der Waals surface area (Å²) in [5, 5.41) is 3.14. The summed E-state index contributed by atoms with van der Waals surface area (Å²) in [7, 11) is 1.71. The number of hydrogen-bond donors (Lipinski definition) is 2. The van der Waals surface area contributed by atoms with Crippen LogP contribution in [0.1, 0.15) is 31.7 Å². The Labute approximate surface area is 168 Å². The van der Waals surface area contributed by atoms with Gasteiger partial charge in [0.2, 0.25) is 0 Å². The minimum absolute atomic E-state index is 0.0940. The maximum atomic E-state index is 12.6. The van der Waals surface area contributed by atoms with E-state index in [1.54, 1.807) is 7.11 Å². The fraction of sp³-hybridized carbons (Fsp3) is 0.435. The topological polar surface area (TPSA) is 46.0 Å². The largest absolute Gasteiger partial charge is 0.495 e. The molecule has 0 spiro atoms. The first-order valence-electron chi connectivity index (χ1n) is 10.2. The van der Waals surface area contributed by atoms with Crippen LogP contribution >= 0.6 is 0 Å². The summed E-state index contributed by atoms with van der Waals surface area (Å²) in [5.74, 6) is 1.44. The van der Waals surface area contributed by atoms with Gasteiger partial charge in [-0.3, -0.25) is 4.79 Å². The number of quaternary nitrogens is 1. The van der Waals surface area contributed by atoms with Gasteiger partial charge >= 0.3 is 0 Å². The molecule has 0 bridgehead atoms. The number of anilines is 2. The van der Waals surface area contributed by atoms with E-state index in [0.29, 0.717) is 12.5 Å². The monoisotopic (exact) mass is 382 g/mol. The van der Waals surface area contributed by atoms with Crippen LogP contribution in [0.5, 0.6) is 5.75 Å². The van der Waals surface area contributed by atoms with E-state index in [0.717, 1.165) is 49.7 Å². The molecule has 0 aromatic heterocycles. The first-order chi connectivity index (χ1) is 13.6. The maximum absolute atomic E-state index is 12.6. The average Bonchev–Trinajstić information content (AvgIpc) is 2.74. The standard InChI is InChI=1S/C23H31N3O2/c1-4-18(2)19-9-5-6-10-20(19)24-23(27)17-25-13-15-26(16-14-25)21-11-7-8-12-22(21)28-3/h5-12,18H,4,13-17H2,1-3H3,(H,24,27)/p+1/t18-/m1/s1. The van der Waals surface area contributed by atoms with Crippen LogP contribution in [-0.4, -0.2) is 45.7 Å². The summed E-state index contributed by atoms with van der Waals surface area (Å²) in [5.41, 5.74) is 3.30. The molecule has 150 valence electrons. The number of carbonyl (C=O) groups is 1. The van der Waals surface area contributed by atoms with Crippen molar-refractivity contribution in [2.45, 2.75) is 26.2 Å². The van der Waals surface area contributed by atoms with Crippen LogP contribution < -0.4 is 19.9 Å². The van der Waals surface area contributed by atoms with E-state index >= 15 is 0 Å². The molecular formula is C23H32N3O2+. The number of carbonyl (C=O) groups excluding carboxylic acids is 1. The Kier molecular flexibility index (Phi) is 6.93. The van der Waals surface area contributed by atoms with E-state index in [1.165, 1.54) is 10.5 Å². The van der Waals surface area contributed by atoms with Crippen molar-refractivity contribution in [3.8, 4) is 5.75 Å². The van der Waals surface area contributed by atoms with Gasteiger partial charge in [-0.05, 0) is 36.1 Å². The van der Waals surface area contributed by atoms with Crippen LogP contribution in [0, 0.1) is 0 Å². The molecule has 5 nitrogen and oxygen atoms in total. The Morgan fingerprint density at radius 2 is 1.82 bits per heavy atom. The highest BCUT2D eigenvalue weighted by Crippen LogP contribution is 2.27. The highest BCUT2D eigenvalue weighted by Gasteiger charge is 2.24. The number of nitrogens with one attached hydrogen (secondary N) is 2. The van der Waals surface area contributed by atoms with Crippen molar-refractivity contribution < 1.29 is 14.4 Å². The molecule has 1 fully saturated rings. The SMILES string of the molecule is CC[C@@H](C)c1ccccc1NC(=O)C[NH+]1CCN(c2ccccc2OC)CC1. The molecular weight excluding hydrogens is 350 g/mol. The highest BCUT2D eigenvalue weighted by atomic mass is 16.5. The van der Waals surface area contributed by atoms with Crippen LogP contribution in [0.4, 0.5) is 11.4 Å². The Balaban J connectivity index is 1.55. The number of rotatable bonds is 7. The number of nitrogens with zero attached hydrogens (tertiary/aromatic N) is 1. The van der Waals surface area contributed by atoms with Gasteiger partial charge in [0.25, 0.3) is 5.91 Å². The van der Waals surface area contributed by atoms with Crippen molar-refractivity contribution in [1.82, 2.24) is 0 Å². The fourth-order valence-electron chi connectivity index (χ4n) is 3.81. The average molecular weight is 383 g/mol. The second-order valence-corrected chi connectivity index (χ2v) is 7.53. The molecule has 1 amide bonds. The van der Waals surface area contributed by atoms with Gasteiger partial charge in [-0.25, -0.2) is 0 Å². The first kappa shape index (κ1) is 20.2. The lowest BCUT2D eigenvalue weighted by Crippen LogP contribution is -3.15. The Bertz CT molecular complexity index is 785. The zero-order chi connectivity index (χ0) is 19.9. The van der Waals surface area contributed by atoms with Gasteiger partial charge in [0.15, 0.2) is 6.54 Å². The van der Waals surface area contributed by atoms with Gasteiger partial charge in [0, 0.05) is 5.69 Å². The molecule has 0 unspecified atom stereocenters. The normalized spacial score (nSPS) is 15.9. The van der Waals surface area contributed by atoms with Gasteiger partial charge in [0.05, 0.1) is 39.0 Å². The molecule has 1 aliphatic rings. The van der Waals surface area contributed by atoms with Crippen molar-refractivity contribution in [2.24, 2.45) is 0 Å². The molecule has 0 radical (unpaired) electrons. The van der Waals surface area contributed by atoms with E-state index in [-0.39, 0.29) is 5.91 Å². The van der Waals surface area contributed by atoms with Crippen LogP contribution in [0.15, 0.2) is 48.5 Å². The summed E-state index contributed by atoms with van der Waals surface area (Å²) in [6, 6.07) is 16.3. The molecule has 1 heterocycles. The van der Waals surface area contributed by atoms with Crippen molar-refractivity contribution in [2.75, 3.05) is 50.1 Å². The molecule has 5 heteroatoms. The lowest BCUT2D eigenvalue weighted by molar-refractivity contribution is -0.892. The van der Waals surface area contributed by atoms with E-state index < -0.39 is 0 Å². The highest BCUT2D eigenvalue weighted by molar-refractivity contribution is 5.92. The molecule has 2 N–H and O–H groups in total. The minimum Gasteiger partial charge on any atom is -0.495 e. The summed E-state index contributed by atoms with van der Waals surface area (Å²) in [4.78, 5) is 16.3. The summed E-state index contributed by atoms with van der Waals surface area (Å²) in [6.07, 6.45) is 1.06. The van der Waals surface area contributed by atoms with Gasteiger partial charge < -0.3 is 19.9 Å². The third-order valence-corrected chi connectivity index (χ3v) is 5.69. The third-order valence-electron chi connectivity index (χ3n) is 5.69. The first-order valence-corrected chi connectivity index (χ1v) is 10.2. The van der Waals surface area contributed by atoms with Gasteiger partial charge in [-0.1, -0.05) is 44.2 Å². The van der Waals surface area contributed by atoms with E-state index in [1.807, 2.05) is 36.4 Å². The predicted molar refractivity (Wildman–Crippen MR) is 115 cm³/mol. The lowest BCUT2D eigenvalue weighted by Gasteiger charge is -2.34. The van der Waals surface area contributed by atoms with E-state index in [4.69, 9.17) is 4.74 Å². The van der Waals surface area contributed by atoms with Gasteiger partial charge in [-0.2, -0.15) is 0 Å². The van der Waals surface area contributed by atoms with Crippen molar-refractivity contribution in [3.05, 3.63) is 54.1 Å². The number of methoxy groups -OCH3 is 1. The minimum atomic E-state index is 0.0940. The number of para-hydroxylation sites is 3. The summed E-state index contributed by atoms with van der Waals surface area (Å²) >= 11 is 0. The van der Waals surface area contributed by atoms with Crippen LogP contribution in [0.25, 0.3) is 0 Å². The second-order valence-electron chi connectivity index (χ2n) is 7.53. The van der Waals surface area contributed by atoms with Crippen molar-refractivity contribution in [1.29, 1.82) is 0 Å². The van der Waals surface area contributed by atoms with Crippen molar-refractivity contribution in [3.63, 3.8) is 0 Å². The quantitative estimate of drug-likeness (QED) is 0.774. The van der Waals surface area contributed by atoms with Crippen LogP contribution in [0.3, 0.4) is 0 Å². The molecule has 28 heavy (non-hydrogen) atoms. The van der Waals surface area contributed by atoms with Gasteiger partial charge in [-0.15, -0.1) is 0 Å². The molecule has 1 aliphatic heterocycles. The predicted octanol–water partition coefficient (Wildman–Crippen LogP) is 2.55. The Morgan fingerprint density at radius 3 is 2.54 bits per heavy atom. The molecule has 0 aliphatic carbocycles. The lowest BCUT2D eigenvalue weighted by atomic mass is 9.97. The molecule has 3 rings (SSSR count). The molecule has 1 saturated heterocycles.